The number of thiazole rings is 2. The molecule has 0 aliphatic rings. The van der Waals surface area contributed by atoms with Crippen LogP contribution in [0.2, 0.25) is 0 Å². The number of fused-ring (bicyclic) bond motifs is 2. The number of pyridine rings is 2. The first-order chi connectivity index (χ1) is 25.1. The number of hydrogen-bond acceptors (Lipinski definition) is 13. The molecule has 0 bridgehead atoms. The summed E-state index contributed by atoms with van der Waals surface area (Å²) in [6.45, 7) is 3.78. The zero-order valence-electron chi connectivity index (χ0n) is 27.5. The van der Waals surface area contributed by atoms with Crippen molar-refractivity contribution >= 4 is 71.2 Å². The monoisotopic (exact) mass is 732 g/mol. The minimum atomic E-state index is -0.635. The van der Waals surface area contributed by atoms with Crippen LogP contribution in [0.4, 0.5) is 10.3 Å². The van der Waals surface area contributed by atoms with Gasteiger partial charge in [0.15, 0.2) is 21.7 Å². The maximum atomic E-state index is 13.0. The van der Waals surface area contributed by atoms with Gasteiger partial charge in [0.25, 0.3) is 11.8 Å². The first-order valence-electron chi connectivity index (χ1n) is 15.8. The number of aromatic hydroxyl groups is 2. The molecule has 0 fully saturated rings. The van der Waals surface area contributed by atoms with Crippen molar-refractivity contribution in [3.63, 3.8) is 0 Å². The first kappa shape index (κ1) is 34.0. The van der Waals surface area contributed by atoms with Gasteiger partial charge in [-0.05, 0) is 85.6 Å². The smallest absolute Gasteiger partial charge is 0.338 e. The molecule has 0 unspecified atom stereocenters. The highest BCUT2D eigenvalue weighted by molar-refractivity contribution is 7.22. The molecule has 4 heterocycles. The van der Waals surface area contributed by atoms with E-state index in [1.165, 1.54) is 53.3 Å². The van der Waals surface area contributed by atoms with Crippen LogP contribution in [0.5, 0.6) is 17.2 Å². The number of hydrogen-bond donors (Lipinski definition) is 4. The second-order valence-corrected chi connectivity index (χ2v) is 13.7. The number of carbonyl (C=O) groups is 3. The molecule has 15 heteroatoms. The molecular weight excluding hydrogens is 705 g/mol. The van der Waals surface area contributed by atoms with E-state index in [0.717, 1.165) is 15.8 Å². The van der Waals surface area contributed by atoms with E-state index in [2.05, 4.69) is 30.6 Å². The van der Waals surface area contributed by atoms with Crippen LogP contribution in [0.15, 0.2) is 91.3 Å². The van der Waals surface area contributed by atoms with Crippen LogP contribution < -0.4 is 15.4 Å². The second-order valence-electron chi connectivity index (χ2n) is 11.7. The highest BCUT2D eigenvalue weighted by Crippen LogP contribution is 2.32. The molecule has 7 rings (SSSR count). The molecule has 3 aromatic carbocycles. The number of nitrogens with one attached hydrogen (secondary N) is 2. The topological polar surface area (TPSA) is 186 Å². The lowest BCUT2D eigenvalue weighted by molar-refractivity contribution is 0.0378. The zero-order chi connectivity index (χ0) is 36.4. The Bertz CT molecular complexity index is 2500. The number of esters is 1. The van der Waals surface area contributed by atoms with Crippen molar-refractivity contribution < 1.29 is 34.1 Å². The Hall–Kier alpha value is -6.45. The van der Waals surface area contributed by atoms with Gasteiger partial charge in [-0.1, -0.05) is 40.9 Å². The summed E-state index contributed by atoms with van der Waals surface area (Å²) in [5, 5.41) is 26.7. The highest BCUT2D eigenvalue weighted by Gasteiger charge is 2.19. The molecule has 52 heavy (non-hydrogen) atoms. The number of carbonyl (C=O) groups excluding carboxylic acids is 3. The highest BCUT2D eigenvalue weighted by atomic mass is 32.1. The maximum Gasteiger partial charge on any atom is 0.338 e. The SMILES string of the molecule is CC(C)OC(=O)c1ccc2nc(NC(=O)c3ncc(-c4cccc(COc5ccc6nc(NC(=O)c7ncccc7O)sc6c5)c4)cc3O)sc2c1. The molecule has 260 valence electrons. The molecule has 13 nitrogen and oxygen atoms in total. The van der Waals surface area contributed by atoms with E-state index in [1.54, 1.807) is 44.2 Å². The van der Waals surface area contributed by atoms with Crippen molar-refractivity contribution in [3.8, 4) is 28.4 Å². The summed E-state index contributed by atoms with van der Waals surface area (Å²) in [6.07, 6.45) is 2.67. The van der Waals surface area contributed by atoms with Gasteiger partial charge in [0.2, 0.25) is 0 Å². The summed E-state index contributed by atoms with van der Waals surface area (Å²) >= 11 is 2.44. The lowest BCUT2D eigenvalue weighted by atomic mass is 10.0. The van der Waals surface area contributed by atoms with E-state index < -0.39 is 17.8 Å². The summed E-state index contributed by atoms with van der Waals surface area (Å²) in [4.78, 5) is 54.9. The Labute approximate surface area is 303 Å². The van der Waals surface area contributed by atoms with E-state index in [4.69, 9.17) is 9.47 Å². The summed E-state index contributed by atoms with van der Waals surface area (Å²) < 4.78 is 12.8. The van der Waals surface area contributed by atoms with E-state index >= 15 is 0 Å². The Kier molecular flexibility index (Phi) is 9.43. The summed E-state index contributed by atoms with van der Waals surface area (Å²) in [5.41, 5.74) is 3.59. The average molecular weight is 733 g/mol. The van der Waals surface area contributed by atoms with Crippen molar-refractivity contribution in [2.24, 2.45) is 0 Å². The van der Waals surface area contributed by atoms with E-state index in [1.807, 2.05) is 30.3 Å². The lowest BCUT2D eigenvalue weighted by Crippen LogP contribution is -2.13. The molecular formula is C37H28N6O7S2. The van der Waals surface area contributed by atoms with Gasteiger partial charge in [-0.2, -0.15) is 0 Å². The summed E-state index contributed by atoms with van der Waals surface area (Å²) in [5.74, 6) is -1.58. The van der Waals surface area contributed by atoms with Crippen LogP contribution in [0.25, 0.3) is 31.6 Å². The number of ether oxygens (including phenoxy) is 2. The third-order valence-corrected chi connectivity index (χ3v) is 9.38. The Morgan fingerprint density at radius 1 is 0.750 bits per heavy atom. The number of nitrogens with zero attached hydrogens (tertiary/aromatic N) is 4. The van der Waals surface area contributed by atoms with Gasteiger partial charge in [0.05, 0.1) is 32.1 Å². The molecule has 0 saturated carbocycles. The fourth-order valence-electron chi connectivity index (χ4n) is 5.11. The minimum absolute atomic E-state index is 0.0928. The molecule has 0 aliphatic heterocycles. The van der Waals surface area contributed by atoms with Crippen molar-refractivity contribution in [2.75, 3.05) is 10.6 Å². The quantitative estimate of drug-likeness (QED) is 0.103. The summed E-state index contributed by atoms with van der Waals surface area (Å²) in [6, 6.07) is 22.3. The van der Waals surface area contributed by atoms with Crippen LogP contribution in [-0.4, -0.2) is 54.0 Å². The van der Waals surface area contributed by atoms with Crippen molar-refractivity contribution in [2.45, 2.75) is 26.6 Å². The predicted octanol–water partition coefficient (Wildman–Crippen LogP) is 7.42. The molecule has 0 radical (unpaired) electrons. The van der Waals surface area contributed by atoms with Crippen LogP contribution in [0, 0.1) is 0 Å². The van der Waals surface area contributed by atoms with E-state index in [9.17, 15) is 24.6 Å². The van der Waals surface area contributed by atoms with E-state index in [0.29, 0.717) is 37.7 Å². The number of anilines is 2. The minimum Gasteiger partial charge on any atom is -0.505 e. The molecule has 0 aliphatic carbocycles. The summed E-state index contributed by atoms with van der Waals surface area (Å²) in [7, 11) is 0. The fourth-order valence-corrected chi connectivity index (χ4v) is 6.90. The van der Waals surface area contributed by atoms with Gasteiger partial charge in [0, 0.05) is 18.0 Å². The average Bonchev–Trinajstić information content (AvgIpc) is 3.72. The molecule has 2 amide bonds. The number of aromatic nitrogens is 4. The van der Waals surface area contributed by atoms with Crippen LogP contribution in [-0.2, 0) is 11.3 Å². The Morgan fingerprint density at radius 2 is 1.44 bits per heavy atom. The zero-order valence-corrected chi connectivity index (χ0v) is 29.1. The van der Waals surface area contributed by atoms with Gasteiger partial charge >= 0.3 is 5.97 Å². The van der Waals surface area contributed by atoms with Crippen molar-refractivity contribution in [3.05, 3.63) is 114 Å². The molecule has 7 aromatic rings. The lowest BCUT2D eigenvalue weighted by Gasteiger charge is -2.09. The normalized spacial score (nSPS) is 11.1. The Morgan fingerprint density at radius 3 is 2.13 bits per heavy atom. The van der Waals surface area contributed by atoms with Crippen LogP contribution in [0.1, 0.15) is 50.7 Å². The van der Waals surface area contributed by atoms with Gasteiger partial charge in [-0.15, -0.1) is 0 Å². The predicted molar refractivity (Wildman–Crippen MR) is 197 cm³/mol. The standard InChI is InChI=1S/C37H28N6O7S2/c1-19(2)50-35(48)22-8-10-25-29(15-22)51-36(40-25)43-34(47)32-28(45)14-23(17-39-32)21-6-3-5-20(13-21)18-49-24-9-11-26-30(16-24)52-37(41-26)42-33(46)31-27(44)7-4-12-38-31/h3-17,19,44-45H,18H2,1-2H3,(H,40,43,47)(H,41,42,46). The van der Waals surface area contributed by atoms with Gasteiger partial charge in [0.1, 0.15) is 23.9 Å². The van der Waals surface area contributed by atoms with Gasteiger partial charge < -0.3 is 19.7 Å². The molecule has 4 aromatic heterocycles. The first-order valence-corrected chi connectivity index (χ1v) is 17.4. The second kappa shape index (κ2) is 14.4. The number of amides is 2. The van der Waals surface area contributed by atoms with E-state index in [-0.39, 0.29) is 40.7 Å². The maximum absolute atomic E-state index is 13.0. The van der Waals surface area contributed by atoms with Crippen molar-refractivity contribution in [1.29, 1.82) is 0 Å². The largest absolute Gasteiger partial charge is 0.505 e. The Balaban J connectivity index is 0.990. The third-order valence-electron chi connectivity index (χ3n) is 7.52. The van der Waals surface area contributed by atoms with Gasteiger partial charge in [-0.25, -0.2) is 24.7 Å². The molecule has 4 N–H and O–H groups in total. The molecule has 0 atom stereocenters. The van der Waals surface area contributed by atoms with Crippen molar-refractivity contribution in [1.82, 2.24) is 19.9 Å². The number of benzene rings is 3. The van der Waals surface area contributed by atoms with Crippen LogP contribution in [0.3, 0.4) is 0 Å². The van der Waals surface area contributed by atoms with Gasteiger partial charge in [-0.3, -0.25) is 20.2 Å². The van der Waals surface area contributed by atoms with Crippen LogP contribution >= 0.6 is 22.7 Å². The molecule has 0 spiro atoms. The fraction of sp³-hybridized carbons (Fsp3) is 0.108. The number of rotatable bonds is 10. The molecule has 0 saturated heterocycles. The third kappa shape index (κ3) is 7.50.